The van der Waals surface area contributed by atoms with Crippen molar-refractivity contribution in [3.63, 3.8) is 0 Å². The van der Waals surface area contributed by atoms with E-state index in [0.717, 1.165) is 23.2 Å². The second kappa shape index (κ2) is 9.34. The molecule has 1 fully saturated rings. The fourth-order valence-electron chi connectivity index (χ4n) is 5.10. The van der Waals surface area contributed by atoms with E-state index in [1.54, 1.807) is 12.1 Å². The van der Waals surface area contributed by atoms with Gasteiger partial charge in [-0.2, -0.15) is 0 Å². The highest BCUT2D eigenvalue weighted by Gasteiger charge is 2.23. The van der Waals surface area contributed by atoms with Crippen LogP contribution in [0.1, 0.15) is 60.5 Å². The molecule has 0 unspecified atom stereocenters. The zero-order valence-corrected chi connectivity index (χ0v) is 19.8. The number of benzene rings is 3. The zero-order valence-electron chi connectivity index (χ0n) is 19.8. The van der Waals surface area contributed by atoms with Crippen LogP contribution in [0.2, 0.25) is 0 Å². The summed E-state index contributed by atoms with van der Waals surface area (Å²) in [4.78, 5) is 16.2. The van der Waals surface area contributed by atoms with E-state index in [4.69, 9.17) is 14.8 Å². The molecular formula is C29H30N2O3. The maximum atomic E-state index is 11.1. The van der Waals surface area contributed by atoms with Crippen LogP contribution in [0.15, 0.2) is 60.7 Å². The molecule has 1 saturated carbocycles. The van der Waals surface area contributed by atoms with E-state index in [1.807, 2.05) is 24.3 Å². The first-order valence-corrected chi connectivity index (χ1v) is 12.1. The van der Waals surface area contributed by atoms with Gasteiger partial charge in [-0.25, -0.2) is 9.78 Å². The van der Waals surface area contributed by atoms with Gasteiger partial charge in [0.1, 0.15) is 11.6 Å². The highest BCUT2D eigenvalue weighted by atomic mass is 16.7. The molecule has 5 rings (SSSR count). The zero-order chi connectivity index (χ0) is 23.7. The standard InChI is InChI=1S/C29H30N2O3/c1-19-16-25-26(17-20(19)2)31(28(30-25)23-8-4-3-5-9-23)18-21-12-14-22(15-13-21)24-10-6-7-11-27(24)34-29(32)33/h6-7,10-17,23H,3-5,8-9,18H2,1-2H3,(H,32,33). The molecule has 0 radical (unpaired) electrons. The maximum Gasteiger partial charge on any atom is 0.511 e. The Hall–Kier alpha value is -3.60. The molecule has 1 aromatic heterocycles. The van der Waals surface area contributed by atoms with Crippen LogP contribution in [0.5, 0.6) is 5.75 Å². The molecule has 34 heavy (non-hydrogen) atoms. The first-order chi connectivity index (χ1) is 16.5. The van der Waals surface area contributed by atoms with Gasteiger partial charge in [0, 0.05) is 18.0 Å². The number of fused-ring (bicyclic) bond motifs is 1. The van der Waals surface area contributed by atoms with E-state index in [1.165, 1.54) is 60.1 Å². The van der Waals surface area contributed by atoms with Crippen LogP contribution in [0.3, 0.4) is 0 Å². The average molecular weight is 455 g/mol. The lowest BCUT2D eigenvalue weighted by molar-refractivity contribution is 0.144. The summed E-state index contributed by atoms with van der Waals surface area (Å²) >= 11 is 0. The van der Waals surface area contributed by atoms with Gasteiger partial charge in [0.25, 0.3) is 0 Å². The number of hydrogen-bond acceptors (Lipinski definition) is 3. The lowest BCUT2D eigenvalue weighted by Gasteiger charge is -2.22. The summed E-state index contributed by atoms with van der Waals surface area (Å²) in [6, 6.07) is 20.0. The molecule has 0 spiro atoms. The van der Waals surface area contributed by atoms with Gasteiger partial charge >= 0.3 is 6.16 Å². The molecule has 0 saturated heterocycles. The molecule has 0 aliphatic heterocycles. The molecule has 0 bridgehead atoms. The Morgan fingerprint density at radius 1 is 1.00 bits per heavy atom. The number of aromatic nitrogens is 2. The lowest BCUT2D eigenvalue weighted by Crippen LogP contribution is -2.13. The van der Waals surface area contributed by atoms with E-state index < -0.39 is 6.16 Å². The van der Waals surface area contributed by atoms with Crippen molar-refractivity contribution in [1.29, 1.82) is 0 Å². The van der Waals surface area contributed by atoms with Gasteiger partial charge in [-0.3, -0.25) is 0 Å². The molecule has 0 amide bonds. The van der Waals surface area contributed by atoms with E-state index in [0.29, 0.717) is 11.7 Å². The van der Waals surface area contributed by atoms with E-state index >= 15 is 0 Å². The monoisotopic (exact) mass is 454 g/mol. The van der Waals surface area contributed by atoms with Crippen molar-refractivity contribution in [3.8, 4) is 16.9 Å². The minimum absolute atomic E-state index is 0.341. The van der Waals surface area contributed by atoms with Gasteiger partial charge in [0.05, 0.1) is 11.0 Å². The summed E-state index contributed by atoms with van der Waals surface area (Å²) in [6.07, 6.45) is 4.98. The van der Waals surface area contributed by atoms with Crippen LogP contribution in [0, 0.1) is 13.8 Å². The first-order valence-electron chi connectivity index (χ1n) is 12.1. The molecule has 5 heteroatoms. The smallest absolute Gasteiger partial charge is 0.449 e. The average Bonchev–Trinajstić information content (AvgIpc) is 3.17. The Morgan fingerprint density at radius 2 is 1.71 bits per heavy atom. The van der Waals surface area contributed by atoms with Crippen molar-refractivity contribution in [1.82, 2.24) is 9.55 Å². The number of carbonyl (C=O) groups is 1. The maximum absolute atomic E-state index is 11.1. The Balaban J connectivity index is 1.50. The summed E-state index contributed by atoms with van der Waals surface area (Å²) in [5, 5.41) is 9.05. The number of aryl methyl sites for hydroxylation is 2. The largest absolute Gasteiger partial charge is 0.511 e. The summed E-state index contributed by atoms with van der Waals surface area (Å²) in [7, 11) is 0. The van der Waals surface area contributed by atoms with E-state index in [-0.39, 0.29) is 0 Å². The van der Waals surface area contributed by atoms with Crippen molar-refractivity contribution >= 4 is 17.2 Å². The van der Waals surface area contributed by atoms with Crippen molar-refractivity contribution in [2.24, 2.45) is 0 Å². The molecular weight excluding hydrogens is 424 g/mol. The summed E-state index contributed by atoms with van der Waals surface area (Å²) in [6.45, 7) is 5.08. The number of hydrogen-bond donors (Lipinski definition) is 1. The Bertz CT molecular complexity index is 1330. The van der Waals surface area contributed by atoms with Crippen molar-refractivity contribution in [2.45, 2.75) is 58.4 Å². The minimum Gasteiger partial charge on any atom is -0.449 e. The number of nitrogens with zero attached hydrogens (tertiary/aromatic N) is 2. The molecule has 174 valence electrons. The van der Waals surface area contributed by atoms with Crippen LogP contribution in [-0.2, 0) is 6.54 Å². The van der Waals surface area contributed by atoms with Crippen LogP contribution in [-0.4, -0.2) is 20.8 Å². The number of ether oxygens (including phenoxy) is 1. The number of imidazole rings is 1. The highest BCUT2D eigenvalue weighted by Crippen LogP contribution is 2.35. The summed E-state index contributed by atoms with van der Waals surface area (Å²) in [5.41, 5.74) is 7.73. The molecule has 5 nitrogen and oxygen atoms in total. The SMILES string of the molecule is Cc1cc2nc(C3CCCCC3)n(Cc3ccc(-c4ccccc4OC(=O)O)cc3)c2cc1C. The fourth-order valence-corrected chi connectivity index (χ4v) is 5.10. The molecule has 1 aliphatic carbocycles. The van der Waals surface area contributed by atoms with Gasteiger partial charge in [-0.1, -0.05) is 61.7 Å². The van der Waals surface area contributed by atoms with Crippen molar-refractivity contribution < 1.29 is 14.6 Å². The molecule has 1 N–H and O–H groups in total. The Morgan fingerprint density at radius 3 is 2.44 bits per heavy atom. The van der Waals surface area contributed by atoms with E-state index in [2.05, 4.69) is 42.7 Å². The van der Waals surface area contributed by atoms with Crippen LogP contribution >= 0.6 is 0 Å². The summed E-state index contributed by atoms with van der Waals surface area (Å²) < 4.78 is 7.38. The first kappa shape index (κ1) is 22.2. The predicted molar refractivity (Wildman–Crippen MR) is 135 cm³/mol. The van der Waals surface area contributed by atoms with Crippen LogP contribution < -0.4 is 4.74 Å². The Kier molecular flexibility index (Phi) is 6.10. The van der Waals surface area contributed by atoms with Gasteiger partial charge in [0.15, 0.2) is 0 Å². The topological polar surface area (TPSA) is 64.4 Å². The third-order valence-electron chi connectivity index (χ3n) is 7.05. The van der Waals surface area contributed by atoms with Crippen LogP contribution in [0.4, 0.5) is 4.79 Å². The molecule has 0 atom stereocenters. The molecule has 4 aromatic rings. The third kappa shape index (κ3) is 4.43. The number of rotatable bonds is 5. The second-order valence-corrected chi connectivity index (χ2v) is 9.38. The van der Waals surface area contributed by atoms with Gasteiger partial charge in [-0.05, 0) is 67.1 Å². The molecule has 3 aromatic carbocycles. The number of para-hydroxylation sites is 1. The second-order valence-electron chi connectivity index (χ2n) is 9.38. The molecule has 1 heterocycles. The van der Waals surface area contributed by atoms with Gasteiger partial charge in [0.2, 0.25) is 0 Å². The third-order valence-corrected chi connectivity index (χ3v) is 7.05. The van der Waals surface area contributed by atoms with Crippen LogP contribution in [0.25, 0.3) is 22.2 Å². The summed E-state index contributed by atoms with van der Waals surface area (Å²) in [5.74, 6) is 2.07. The van der Waals surface area contributed by atoms with E-state index in [9.17, 15) is 4.79 Å². The van der Waals surface area contributed by atoms with Crippen molar-refractivity contribution in [3.05, 3.63) is 83.2 Å². The predicted octanol–water partition coefficient (Wildman–Crippen LogP) is 7.47. The molecule has 1 aliphatic rings. The quantitative estimate of drug-likeness (QED) is 0.251. The highest BCUT2D eigenvalue weighted by molar-refractivity contribution is 5.78. The van der Waals surface area contributed by atoms with Gasteiger partial charge in [-0.15, -0.1) is 0 Å². The number of carboxylic acid groups (broad SMARTS) is 1. The fraction of sp³-hybridized carbons (Fsp3) is 0.310. The minimum atomic E-state index is -1.31. The van der Waals surface area contributed by atoms with Gasteiger partial charge < -0.3 is 14.4 Å². The van der Waals surface area contributed by atoms with Crippen molar-refractivity contribution in [2.75, 3.05) is 0 Å². The Labute approximate surface area is 200 Å². The lowest BCUT2D eigenvalue weighted by atomic mass is 9.88. The normalized spacial score (nSPS) is 14.4.